The Balaban J connectivity index is 1.61. The zero-order valence-corrected chi connectivity index (χ0v) is 16.2. The molecule has 5 rings (SSSR count). The Morgan fingerprint density at radius 3 is 2.64 bits per heavy atom. The highest BCUT2D eigenvalue weighted by atomic mass is 17.3. The van der Waals surface area contributed by atoms with E-state index in [4.69, 9.17) is 24.0 Å². The highest BCUT2D eigenvalue weighted by molar-refractivity contribution is 5.09. The van der Waals surface area contributed by atoms with E-state index >= 15 is 0 Å². The second-order valence-electron chi connectivity index (χ2n) is 8.95. The number of rotatable bonds is 4. The first-order valence-corrected chi connectivity index (χ1v) is 9.82. The molecule has 1 spiro atoms. The molecular weight excluding hydrogens is 322 g/mol. The summed E-state index contributed by atoms with van der Waals surface area (Å²) in [6.07, 6.45) is 3.58. The van der Waals surface area contributed by atoms with Crippen LogP contribution < -0.4 is 0 Å². The molecular formula is C19H33NO5. The molecule has 0 radical (unpaired) electrons. The minimum Gasteiger partial charge on any atom is -0.351 e. The lowest BCUT2D eigenvalue weighted by Crippen LogP contribution is -2.70. The van der Waals surface area contributed by atoms with Crippen molar-refractivity contribution in [2.75, 3.05) is 27.2 Å². The van der Waals surface area contributed by atoms with Gasteiger partial charge in [-0.15, -0.1) is 0 Å². The topological polar surface area (TPSA) is 49.4 Å². The summed E-state index contributed by atoms with van der Waals surface area (Å²) in [5.74, 6) is 0.869. The predicted molar refractivity (Wildman–Crippen MR) is 91.3 cm³/mol. The van der Waals surface area contributed by atoms with Crippen LogP contribution in [0.5, 0.6) is 0 Å². The van der Waals surface area contributed by atoms with Gasteiger partial charge in [0, 0.05) is 24.8 Å². The Hall–Kier alpha value is -0.240. The van der Waals surface area contributed by atoms with Gasteiger partial charge < -0.3 is 19.1 Å². The van der Waals surface area contributed by atoms with Gasteiger partial charge in [0.15, 0.2) is 18.2 Å². The van der Waals surface area contributed by atoms with Crippen LogP contribution in [0, 0.1) is 23.7 Å². The van der Waals surface area contributed by atoms with E-state index in [2.05, 4.69) is 32.8 Å². The lowest BCUT2D eigenvalue weighted by molar-refractivity contribution is -0.577. The maximum Gasteiger partial charge on any atom is 0.201 e. The fourth-order valence-corrected chi connectivity index (χ4v) is 5.41. The van der Waals surface area contributed by atoms with Crippen molar-refractivity contribution < 1.29 is 24.0 Å². The monoisotopic (exact) mass is 355 g/mol. The predicted octanol–water partition coefficient (Wildman–Crippen LogP) is 2.77. The van der Waals surface area contributed by atoms with Gasteiger partial charge in [-0.05, 0) is 52.1 Å². The Bertz CT molecular complexity index is 502. The molecule has 5 fully saturated rings. The third-order valence-electron chi connectivity index (χ3n) is 6.92. The molecule has 0 aromatic heterocycles. The number of fused-ring (bicyclic) bond motifs is 2. The molecule has 0 aromatic carbocycles. The SMILES string of the molecule is CC1CCC2C(C)[C@@H](OCCN(C)C)O[C@@H]3O[C@@]4(C)CCC1[C@@]23OO4. The molecule has 25 heavy (non-hydrogen) atoms. The molecule has 1 aliphatic carbocycles. The number of likely N-dealkylation sites (N-methyl/N-ethyl adjacent to an activating group) is 1. The van der Waals surface area contributed by atoms with E-state index < -0.39 is 17.7 Å². The maximum atomic E-state index is 6.37. The van der Waals surface area contributed by atoms with Gasteiger partial charge in [0.25, 0.3) is 0 Å². The average Bonchev–Trinajstić information content (AvgIpc) is 2.78. The molecule has 2 bridgehead atoms. The van der Waals surface area contributed by atoms with Gasteiger partial charge in [-0.25, -0.2) is 9.78 Å². The first kappa shape index (κ1) is 18.1. The fourth-order valence-electron chi connectivity index (χ4n) is 5.41. The summed E-state index contributed by atoms with van der Waals surface area (Å²) in [7, 11) is 4.10. The summed E-state index contributed by atoms with van der Waals surface area (Å²) in [5, 5.41) is 0. The van der Waals surface area contributed by atoms with Gasteiger partial charge in [0.05, 0.1) is 6.61 Å². The zero-order chi connectivity index (χ0) is 17.8. The largest absolute Gasteiger partial charge is 0.351 e. The van der Waals surface area contributed by atoms with E-state index in [1.54, 1.807) is 0 Å². The van der Waals surface area contributed by atoms with Crippen LogP contribution in [0.15, 0.2) is 0 Å². The van der Waals surface area contributed by atoms with E-state index in [1.807, 2.05) is 6.92 Å². The zero-order valence-electron chi connectivity index (χ0n) is 16.2. The highest BCUT2D eigenvalue weighted by Gasteiger charge is 2.69. The Labute approximate surface area is 151 Å². The second kappa shape index (κ2) is 6.43. The van der Waals surface area contributed by atoms with Crippen LogP contribution in [0.4, 0.5) is 0 Å². The third-order valence-corrected chi connectivity index (χ3v) is 6.92. The van der Waals surface area contributed by atoms with E-state index in [0.717, 1.165) is 25.8 Å². The summed E-state index contributed by atoms with van der Waals surface area (Å²) in [5.41, 5.74) is -0.492. The van der Waals surface area contributed by atoms with Crippen molar-refractivity contribution in [1.29, 1.82) is 0 Å². The Kier molecular flexibility index (Phi) is 4.66. The van der Waals surface area contributed by atoms with Crippen LogP contribution in [0.25, 0.3) is 0 Å². The summed E-state index contributed by atoms with van der Waals surface area (Å²) >= 11 is 0. The van der Waals surface area contributed by atoms with Crippen molar-refractivity contribution in [3.63, 3.8) is 0 Å². The van der Waals surface area contributed by atoms with E-state index in [0.29, 0.717) is 24.4 Å². The summed E-state index contributed by atoms with van der Waals surface area (Å²) < 4.78 is 18.8. The standard InChI is InChI=1S/C19H33NO5/c1-12-6-7-15-13(2)16(21-11-10-20(4)5)22-17-19(15)14(12)8-9-18(3,23-17)24-25-19/h12-17H,6-11H2,1-5H3/t12?,13?,14?,15?,16-,17+,18+,19+/m0/s1. The molecule has 0 amide bonds. The van der Waals surface area contributed by atoms with Gasteiger partial charge in [0.1, 0.15) is 0 Å². The highest BCUT2D eigenvalue weighted by Crippen LogP contribution is 2.60. The fraction of sp³-hybridized carbons (Fsp3) is 1.00. The van der Waals surface area contributed by atoms with Crippen molar-refractivity contribution in [3.8, 4) is 0 Å². The quantitative estimate of drug-likeness (QED) is 0.723. The Morgan fingerprint density at radius 1 is 1.08 bits per heavy atom. The lowest BCUT2D eigenvalue weighted by Gasteiger charge is -2.60. The maximum absolute atomic E-state index is 6.37. The average molecular weight is 355 g/mol. The van der Waals surface area contributed by atoms with Crippen molar-refractivity contribution >= 4 is 0 Å². The van der Waals surface area contributed by atoms with Crippen molar-refractivity contribution in [3.05, 3.63) is 0 Å². The van der Waals surface area contributed by atoms with Crippen molar-refractivity contribution in [2.45, 2.75) is 70.4 Å². The summed E-state index contributed by atoms with van der Waals surface area (Å²) in [4.78, 5) is 14.1. The van der Waals surface area contributed by atoms with Gasteiger partial charge in [0.2, 0.25) is 5.79 Å². The van der Waals surface area contributed by atoms with Gasteiger partial charge in [-0.2, -0.15) is 0 Å². The molecule has 8 atom stereocenters. The molecule has 0 N–H and O–H groups in total. The van der Waals surface area contributed by atoms with Crippen LogP contribution in [0.2, 0.25) is 0 Å². The molecule has 4 aliphatic heterocycles. The molecule has 4 saturated heterocycles. The van der Waals surface area contributed by atoms with Gasteiger partial charge in [-0.3, -0.25) is 0 Å². The molecule has 1 saturated carbocycles. The minimum atomic E-state index is -0.716. The molecule has 4 unspecified atom stereocenters. The smallest absolute Gasteiger partial charge is 0.201 e. The second-order valence-corrected chi connectivity index (χ2v) is 8.95. The summed E-state index contributed by atoms with van der Waals surface area (Å²) in [6.45, 7) is 8.06. The van der Waals surface area contributed by atoms with E-state index in [9.17, 15) is 0 Å². The number of nitrogens with zero attached hydrogens (tertiary/aromatic N) is 1. The van der Waals surface area contributed by atoms with Crippen LogP contribution in [-0.2, 0) is 24.0 Å². The molecule has 144 valence electrons. The van der Waals surface area contributed by atoms with Crippen molar-refractivity contribution in [1.82, 2.24) is 4.90 Å². The number of hydrogen-bond acceptors (Lipinski definition) is 6. The van der Waals surface area contributed by atoms with Gasteiger partial charge in [-0.1, -0.05) is 13.8 Å². The minimum absolute atomic E-state index is 0.249. The Morgan fingerprint density at radius 2 is 1.88 bits per heavy atom. The number of ether oxygens (including phenoxy) is 3. The lowest BCUT2D eigenvalue weighted by atomic mass is 9.58. The normalized spacial score (nSPS) is 52.1. The van der Waals surface area contributed by atoms with Crippen LogP contribution >= 0.6 is 0 Å². The van der Waals surface area contributed by atoms with Gasteiger partial charge >= 0.3 is 0 Å². The summed E-state index contributed by atoms with van der Waals surface area (Å²) in [6, 6.07) is 0. The first-order valence-electron chi connectivity index (χ1n) is 9.82. The molecule has 4 heterocycles. The van der Waals surface area contributed by atoms with E-state index in [-0.39, 0.29) is 12.2 Å². The first-order chi connectivity index (χ1) is 11.9. The van der Waals surface area contributed by atoms with Crippen molar-refractivity contribution in [2.24, 2.45) is 23.7 Å². The third kappa shape index (κ3) is 2.86. The molecule has 5 aliphatic rings. The molecule has 6 heteroatoms. The van der Waals surface area contributed by atoms with Crippen LogP contribution in [0.1, 0.15) is 46.5 Å². The van der Waals surface area contributed by atoms with Crippen LogP contribution in [0.3, 0.4) is 0 Å². The molecule has 6 nitrogen and oxygen atoms in total. The molecule has 0 aromatic rings. The van der Waals surface area contributed by atoms with Crippen LogP contribution in [-0.4, -0.2) is 56.1 Å². The number of hydrogen-bond donors (Lipinski definition) is 0. The van der Waals surface area contributed by atoms with E-state index in [1.165, 1.54) is 6.42 Å².